The molecule has 0 spiro atoms. The fraction of sp³-hybridized carbons (Fsp3) is 0.368. The summed E-state index contributed by atoms with van der Waals surface area (Å²) in [4.78, 5) is 28.2. The number of para-hydroxylation sites is 1. The second-order valence-corrected chi connectivity index (χ2v) is 7.49. The number of likely N-dealkylation sites (tertiary alicyclic amines) is 1. The van der Waals surface area contributed by atoms with Crippen molar-refractivity contribution in [1.82, 2.24) is 9.47 Å². The van der Waals surface area contributed by atoms with E-state index in [0.717, 1.165) is 41.5 Å². The van der Waals surface area contributed by atoms with Crippen molar-refractivity contribution in [2.45, 2.75) is 25.7 Å². The molecule has 1 saturated heterocycles. The lowest BCUT2D eigenvalue weighted by molar-refractivity contribution is 0.0766. The Bertz CT molecular complexity index is 978. The van der Waals surface area contributed by atoms with Crippen molar-refractivity contribution in [3.63, 3.8) is 0 Å². The van der Waals surface area contributed by atoms with Crippen molar-refractivity contribution < 1.29 is 4.79 Å². The van der Waals surface area contributed by atoms with Gasteiger partial charge in [-0.1, -0.05) is 31.0 Å². The van der Waals surface area contributed by atoms with Gasteiger partial charge in [-0.15, -0.1) is 11.3 Å². The third kappa shape index (κ3) is 2.44. The fourth-order valence-corrected chi connectivity index (χ4v) is 4.69. The summed E-state index contributed by atoms with van der Waals surface area (Å²) in [6, 6.07) is 9.68. The van der Waals surface area contributed by atoms with Crippen LogP contribution >= 0.6 is 11.3 Å². The minimum atomic E-state index is -0.0325. The van der Waals surface area contributed by atoms with Gasteiger partial charge in [0.05, 0.1) is 15.8 Å². The Hall–Kier alpha value is -2.14. The van der Waals surface area contributed by atoms with Gasteiger partial charge in [-0.3, -0.25) is 9.59 Å². The van der Waals surface area contributed by atoms with Crippen molar-refractivity contribution in [2.24, 2.45) is 7.05 Å². The number of aryl methyl sites for hydroxylation is 1. The van der Waals surface area contributed by atoms with Crippen LogP contribution in [0.4, 0.5) is 0 Å². The van der Waals surface area contributed by atoms with Gasteiger partial charge in [0.15, 0.2) is 0 Å². The van der Waals surface area contributed by atoms with Gasteiger partial charge in [-0.25, -0.2) is 0 Å². The predicted octanol–water partition coefficient (Wildman–Crippen LogP) is 3.77. The van der Waals surface area contributed by atoms with Gasteiger partial charge < -0.3 is 9.47 Å². The van der Waals surface area contributed by atoms with E-state index in [9.17, 15) is 9.59 Å². The number of carbonyl (C=O) groups is 1. The molecule has 0 saturated carbocycles. The summed E-state index contributed by atoms with van der Waals surface area (Å²) in [5.74, 6) is 0.0734. The molecule has 124 valence electrons. The number of rotatable bonds is 1. The highest BCUT2D eigenvalue weighted by atomic mass is 32.1. The van der Waals surface area contributed by atoms with Gasteiger partial charge in [0.25, 0.3) is 11.5 Å². The molecule has 4 nitrogen and oxygen atoms in total. The van der Waals surface area contributed by atoms with E-state index in [1.54, 1.807) is 17.7 Å². The van der Waals surface area contributed by atoms with Crippen LogP contribution in [-0.4, -0.2) is 28.5 Å². The SMILES string of the molecule is Cn1c(=O)c2cc(C(=O)N3CCCCCC3)sc2c2ccccc21. The molecule has 0 unspecified atom stereocenters. The van der Waals surface area contributed by atoms with E-state index in [4.69, 9.17) is 0 Å². The molecule has 0 radical (unpaired) electrons. The van der Waals surface area contributed by atoms with Crippen molar-refractivity contribution >= 4 is 38.2 Å². The smallest absolute Gasteiger partial charge is 0.263 e. The van der Waals surface area contributed by atoms with E-state index in [2.05, 4.69) is 0 Å². The Kier molecular flexibility index (Phi) is 3.88. The van der Waals surface area contributed by atoms with Gasteiger partial charge in [0, 0.05) is 30.2 Å². The highest BCUT2D eigenvalue weighted by molar-refractivity contribution is 7.21. The van der Waals surface area contributed by atoms with Gasteiger partial charge >= 0.3 is 0 Å². The van der Waals surface area contributed by atoms with Gasteiger partial charge in [-0.05, 0) is 25.0 Å². The molecule has 1 fully saturated rings. The first-order chi connectivity index (χ1) is 11.7. The van der Waals surface area contributed by atoms with Gasteiger partial charge in [-0.2, -0.15) is 0 Å². The molecule has 24 heavy (non-hydrogen) atoms. The lowest BCUT2D eigenvalue weighted by atomic mass is 10.1. The van der Waals surface area contributed by atoms with Crippen molar-refractivity contribution in [1.29, 1.82) is 0 Å². The maximum Gasteiger partial charge on any atom is 0.263 e. The number of amides is 1. The number of hydrogen-bond donors (Lipinski definition) is 0. The number of carbonyl (C=O) groups excluding carboxylic acids is 1. The van der Waals surface area contributed by atoms with Crippen LogP contribution in [0.2, 0.25) is 0 Å². The zero-order chi connectivity index (χ0) is 16.7. The van der Waals surface area contributed by atoms with E-state index in [1.807, 2.05) is 29.2 Å². The van der Waals surface area contributed by atoms with Crippen molar-refractivity contribution in [3.8, 4) is 0 Å². The highest BCUT2D eigenvalue weighted by Gasteiger charge is 2.21. The zero-order valence-electron chi connectivity index (χ0n) is 13.7. The lowest BCUT2D eigenvalue weighted by Gasteiger charge is -2.19. The van der Waals surface area contributed by atoms with Crippen LogP contribution in [0.1, 0.15) is 35.4 Å². The maximum absolute atomic E-state index is 12.9. The summed E-state index contributed by atoms with van der Waals surface area (Å²) in [6.45, 7) is 1.65. The van der Waals surface area contributed by atoms with Crippen LogP contribution in [0, 0.1) is 0 Å². The molecule has 0 N–H and O–H groups in total. The molecular weight excluding hydrogens is 320 g/mol. The van der Waals surface area contributed by atoms with Gasteiger partial charge in [0.1, 0.15) is 0 Å². The molecule has 1 aliphatic rings. The highest BCUT2D eigenvalue weighted by Crippen LogP contribution is 2.31. The average Bonchev–Trinajstić information content (AvgIpc) is 2.88. The molecule has 1 aliphatic heterocycles. The standard InChI is InChI=1S/C19H20N2O2S/c1-20-15-9-5-4-8-13(15)17-14(18(20)22)12-16(24-17)19(23)21-10-6-2-3-7-11-21/h4-5,8-9,12H,2-3,6-7,10-11H2,1H3. The van der Waals surface area contributed by atoms with Crippen LogP contribution < -0.4 is 5.56 Å². The van der Waals surface area contributed by atoms with Crippen LogP contribution in [0.25, 0.3) is 21.0 Å². The predicted molar refractivity (Wildman–Crippen MR) is 98.9 cm³/mol. The van der Waals surface area contributed by atoms with Crippen LogP contribution in [-0.2, 0) is 7.05 Å². The van der Waals surface area contributed by atoms with E-state index in [0.29, 0.717) is 10.3 Å². The number of pyridine rings is 1. The Morgan fingerprint density at radius 1 is 1.04 bits per heavy atom. The average molecular weight is 340 g/mol. The molecule has 0 atom stereocenters. The molecule has 0 bridgehead atoms. The van der Waals surface area contributed by atoms with E-state index >= 15 is 0 Å². The lowest BCUT2D eigenvalue weighted by Crippen LogP contribution is -2.31. The van der Waals surface area contributed by atoms with Crippen LogP contribution in [0.15, 0.2) is 35.1 Å². The molecule has 1 aromatic carbocycles. The van der Waals surface area contributed by atoms with E-state index in [-0.39, 0.29) is 11.5 Å². The van der Waals surface area contributed by atoms with E-state index in [1.165, 1.54) is 24.2 Å². The zero-order valence-corrected chi connectivity index (χ0v) is 14.6. The molecule has 0 aliphatic carbocycles. The molecule has 3 heterocycles. The molecule has 1 amide bonds. The summed E-state index contributed by atoms with van der Waals surface area (Å²) in [5.41, 5.74) is 0.875. The van der Waals surface area contributed by atoms with Crippen molar-refractivity contribution in [2.75, 3.05) is 13.1 Å². The maximum atomic E-state index is 12.9. The quantitative estimate of drug-likeness (QED) is 0.677. The monoisotopic (exact) mass is 340 g/mol. The minimum Gasteiger partial charge on any atom is -0.338 e. The Labute approximate surface area is 144 Å². The number of nitrogens with zero attached hydrogens (tertiary/aromatic N) is 2. The summed E-state index contributed by atoms with van der Waals surface area (Å²) in [7, 11) is 1.79. The van der Waals surface area contributed by atoms with Crippen LogP contribution in [0.3, 0.4) is 0 Å². The minimum absolute atomic E-state index is 0.0325. The molecule has 2 aromatic heterocycles. The molecular formula is C19H20N2O2S. The number of fused-ring (bicyclic) bond motifs is 3. The topological polar surface area (TPSA) is 42.3 Å². The number of benzene rings is 1. The molecule has 3 aromatic rings. The first kappa shape index (κ1) is 15.4. The number of thiophene rings is 1. The fourth-order valence-electron chi connectivity index (χ4n) is 3.53. The third-order valence-electron chi connectivity index (χ3n) is 4.88. The van der Waals surface area contributed by atoms with Crippen LogP contribution in [0.5, 0.6) is 0 Å². The normalized spacial score (nSPS) is 15.8. The van der Waals surface area contributed by atoms with E-state index < -0.39 is 0 Å². The third-order valence-corrected chi connectivity index (χ3v) is 6.04. The summed E-state index contributed by atoms with van der Waals surface area (Å²) < 4.78 is 2.59. The summed E-state index contributed by atoms with van der Waals surface area (Å²) in [5, 5.41) is 1.69. The largest absolute Gasteiger partial charge is 0.338 e. The first-order valence-corrected chi connectivity index (χ1v) is 9.29. The second kappa shape index (κ2) is 6.06. The Morgan fingerprint density at radius 3 is 2.50 bits per heavy atom. The second-order valence-electron chi connectivity index (χ2n) is 6.44. The molecule has 5 heteroatoms. The van der Waals surface area contributed by atoms with Gasteiger partial charge in [0.2, 0.25) is 0 Å². The van der Waals surface area contributed by atoms with Crippen molar-refractivity contribution in [3.05, 3.63) is 45.6 Å². The summed E-state index contributed by atoms with van der Waals surface area (Å²) in [6.07, 6.45) is 4.53. The molecule has 4 rings (SSSR count). The first-order valence-electron chi connectivity index (χ1n) is 8.47. The Balaban J connectivity index is 1.86. The Morgan fingerprint density at radius 2 is 1.75 bits per heavy atom. The number of hydrogen-bond acceptors (Lipinski definition) is 3. The number of aromatic nitrogens is 1. The summed E-state index contributed by atoms with van der Waals surface area (Å²) >= 11 is 1.45.